The standard InChI is InChI=1S/C21H28ClN5O/c1-15-24-25-20(27(15)14-16-9-11-17(22)12-10-16)19-8-5-13-26(19)21(28)23-18-6-3-2-4-7-18/h9-12,18-19H,2-8,13-14H2,1H3,(H,23,28)/t19-/m1/s1. The van der Waals surface area contributed by atoms with Gasteiger partial charge in [-0.25, -0.2) is 4.79 Å². The maximum atomic E-state index is 13.0. The molecule has 1 N–H and O–H groups in total. The molecule has 2 amide bonds. The molecule has 0 bridgehead atoms. The lowest BCUT2D eigenvalue weighted by Gasteiger charge is -2.29. The van der Waals surface area contributed by atoms with Crippen molar-refractivity contribution in [1.82, 2.24) is 25.0 Å². The first-order chi connectivity index (χ1) is 13.6. The van der Waals surface area contributed by atoms with Gasteiger partial charge in [0.05, 0.1) is 12.6 Å². The number of hydrogen-bond donors (Lipinski definition) is 1. The van der Waals surface area contributed by atoms with Gasteiger partial charge >= 0.3 is 6.03 Å². The van der Waals surface area contributed by atoms with Crippen LogP contribution >= 0.6 is 11.6 Å². The van der Waals surface area contributed by atoms with Gasteiger partial charge in [-0.1, -0.05) is 43.0 Å². The normalized spacial score (nSPS) is 20.5. The Balaban J connectivity index is 1.51. The van der Waals surface area contributed by atoms with Crippen molar-refractivity contribution in [2.45, 2.75) is 70.5 Å². The summed E-state index contributed by atoms with van der Waals surface area (Å²) in [5, 5.41) is 12.8. The van der Waals surface area contributed by atoms with Crippen LogP contribution in [0.4, 0.5) is 4.79 Å². The molecule has 1 aromatic heterocycles. The number of halogens is 1. The molecule has 6 nitrogen and oxygen atoms in total. The Labute approximate surface area is 171 Å². The third kappa shape index (κ3) is 4.17. The Morgan fingerprint density at radius 2 is 1.86 bits per heavy atom. The van der Waals surface area contributed by atoms with Crippen molar-refractivity contribution in [3.63, 3.8) is 0 Å². The largest absolute Gasteiger partial charge is 0.335 e. The second-order valence-electron chi connectivity index (χ2n) is 7.95. The fourth-order valence-corrected chi connectivity index (χ4v) is 4.52. The van der Waals surface area contributed by atoms with Gasteiger partial charge in [-0.3, -0.25) is 0 Å². The van der Waals surface area contributed by atoms with E-state index in [9.17, 15) is 4.79 Å². The minimum Gasteiger partial charge on any atom is -0.335 e. The number of aryl methyl sites for hydroxylation is 1. The van der Waals surface area contributed by atoms with Crippen LogP contribution in [0.2, 0.25) is 5.02 Å². The molecule has 28 heavy (non-hydrogen) atoms. The molecule has 0 unspecified atom stereocenters. The molecule has 4 rings (SSSR count). The summed E-state index contributed by atoms with van der Waals surface area (Å²) in [5.41, 5.74) is 1.14. The highest BCUT2D eigenvalue weighted by Crippen LogP contribution is 2.32. The zero-order valence-electron chi connectivity index (χ0n) is 16.4. The van der Waals surface area contributed by atoms with Crippen molar-refractivity contribution in [3.8, 4) is 0 Å². The van der Waals surface area contributed by atoms with Crippen molar-refractivity contribution < 1.29 is 4.79 Å². The highest BCUT2D eigenvalue weighted by Gasteiger charge is 2.34. The third-order valence-corrected chi connectivity index (χ3v) is 6.21. The van der Waals surface area contributed by atoms with Crippen LogP contribution in [-0.4, -0.2) is 38.3 Å². The Morgan fingerprint density at radius 3 is 2.61 bits per heavy atom. The Morgan fingerprint density at radius 1 is 1.11 bits per heavy atom. The van der Waals surface area contributed by atoms with Gasteiger partial charge in [0.2, 0.25) is 0 Å². The molecule has 1 atom stereocenters. The maximum Gasteiger partial charge on any atom is 0.318 e. The average molecular weight is 402 g/mol. The van der Waals surface area contributed by atoms with Crippen LogP contribution in [0.1, 0.15) is 68.2 Å². The van der Waals surface area contributed by atoms with Gasteiger partial charge < -0.3 is 14.8 Å². The minimum absolute atomic E-state index is 0.0166. The van der Waals surface area contributed by atoms with Gasteiger partial charge in [-0.15, -0.1) is 10.2 Å². The first-order valence-electron chi connectivity index (χ1n) is 10.3. The van der Waals surface area contributed by atoms with E-state index in [1.54, 1.807) is 0 Å². The summed E-state index contributed by atoms with van der Waals surface area (Å²) < 4.78 is 2.13. The summed E-state index contributed by atoms with van der Waals surface area (Å²) in [6, 6.07) is 8.19. The number of aromatic nitrogens is 3. The van der Waals surface area contributed by atoms with Crippen LogP contribution < -0.4 is 5.32 Å². The van der Waals surface area contributed by atoms with Gasteiger partial charge in [-0.2, -0.15) is 0 Å². The number of benzene rings is 1. The molecule has 7 heteroatoms. The summed E-state index contributed by atoms with van der Waals surface area (Å²) in [7, 11) is 0. The molecule has 2 aliphatic rings. The highest BCUT2D eigenvalue weighted by atomic mass is 35.5. The molecule has 150 valence electrons. The summed E-state index contributed by atoms with van der Waals surface area (Å²) in [6.45, 7) is 3.42. The lowest BCUT2D eigenvalue weighted by Crippen LogP contribution is -2.45. The van der Waals surface area contributed by atoms with Crippen LogP contribution in [0.25, 0.3) is 0 Å². The van der Waals surface area contributed by atoms with E-state index in [4.69, 9.17) is 11.6 Å². The van der Waals surface area contributed by atoms with Gasteiger partial charge in [-0.05, 0) is 50.3 Å². The van der Waals surface area contributed by atoms with E-state index >= 15 is 0 Å². The highest BCUT2D eigenvalue weighted by molar-refractivity contribution is 6.30. The van der Waals surface area contributed by atoms with E-state index in [0.717, 1.165) is 54.5 Å². The molecule has 1 aliphatic heterocycles. The predicted octanol–water partition coefficient (Wildman–Crippen LogP) is 4.47. The van der Waals surface area contributed by atoms with Crippen molar-refractivity contribution in [2.75, 3.05) is 6.54 Å². The molecule has 1 saturated carbocycles. The molecule has 0 radical (unpaired) electrons. The number of hydrogen-bond acceptors (Lipinski definition) is 3. The van der Waals surface area contributed by atoms with Crippen molar-refractivity contribution in [3.05, 3.63) is 46.5 Å². The molecule has 2 heterocycles. The lowest BCUT2D eigenvalue weighted by atomic mass is 9.96. The number of likely N-dealkylation sites (tertiary alicyclic amines) is 1. The molecule has 2 aromatic rings. The van der Waals surface area contributed by atoms with Gasteiger partial charge in [0.1, 0.15) is 5.82 Å². The fourth-order valence-electron chi connectivity index (χ4n) is 4.39. The van der Waals surface area contributed by atoms with E-state index in [-0.39, 0.29) is 12.1 Å². The molecule has 1 saturated heterocycles. The number of carbonyl (C=O) groups is 1. The number of nitrogens with zero attached hydrogens (tertiary/aromatic N) is 4. The second-order valence-corrected chi connectivity index (χ2v) is 8.39. The Hall–Kier alpha value is -2.08. The topological polar surface area (TPSA) is 63.1 Å². The van der Waals surface area contributed by atoms with Crippen LogP contribution in [0.5, 0.6) is 0 Å². The summed E-state index contributed by atoms with van der Waals surface area (Å²) >= 11 is 6.01. The first-order valence-corrected chi connectivity index (χ1v) is 10.7. The lowest BCUT2D eigenvalue weighted by molar-refractivity contribution is 0.182. The quantitative estimate of drug-likeness (QED) is 0.822. The van der Waals surface area contributed by atoms with Gasteiger partial charge in [0, 0.05) is 17.6 Å². The fraction of sp³-hybridized carbons (Fsp3) is 0.571. The van der Waals surface area contributed by atoms with Crippen molar-refractivity contribution >= 4 is 17.6 Å². The number of urea groups is 1. The van der Waals surface area contributed by atoms with E-state index in [2.05, 4.69) is 20.1 Å². The monoisotopic (exact) mass is 401 g/mol. The first kappa shape index (κ1) is 19.2. The zero-order valence-corrected chi connectivity index (χ0v) is 17.2. The summed E-state index contributed by atoms with van der Waals surface area (Å²) in [4.78, 5) is 14.9. The third-order valence-electron chi connectivity index (χ3n) is 5.96. The summed E-state index contributed by atoms with van der Waals surface area (Å²) in [6.07, 6.45) is 7.82. The van der Waals surface area contributed by atoms with E-state index < -0.39 is 0 Å². The number of carbonyl (C=O) groups excluding carboxylic acids is 1. The Bertz CT molecular complexity index is 813. The van der Waals surface area contributed by atoms with Gasteiger partial charge in [0.25, 0.3) is 0 Å². The number of nitrogens with one attached hydrogen (secondary N) is 1. The van der Waals surface area contributed by atoms with Crippen LogP contribution in [0, 0.1) is 6.92 Å². The van der Waals surface area contributed by atoms with E-state index in [0.29, 0.717) is 12.6 Å². The smallest absolute Gasteiger partial charge is 0.318 e. The van der Waals surface area contributed by atoms with Crippen molar-refractivity contribution in [2.24, 2.45) is 0 Å². The molecular weight excluding hydrogens is 374 g/mol. The SMILES string of the molecule is Cc1nnc([C@H]2CCCN2C(=O)NC2CCCCC2)n1Cc1ccc(Cl)cc1. The maximum absolute atomic E-state index is 13.0. The van der Waals surface area contributed by atoms with Crippen LogP contribution in [0.15, 0.2) is 24.3 Å². The van der Waals surface area contributed by atoms with Crippen molar-refractivity contribution in [1.29, 1.82) is 0 Å². The minimum atomic E-state index is -0.0166. The van der Waals surface area contributed by atoms with E-state index in [1.165, 1.54) is 19.3 Å². The second kappa shape index (κ2) is 8.52. The summed E-state index contributed by atoms with van der Waals surface area (Å²) in [5.74, 6) is 1.74. The average Bonchev–Trinajstić information content (AvgIpc) is 3.32. The number of amides is 2. The molecular formula is C21H28ClN5O. The number of rotatable bonds is 4. The van der Waals surface area contributed by atoms with Crippen LogP contribution in [0.3, 0.4) is 0 Å². The molecule has 1 aliphatic carbocycles. The zero-order chi connectivity index (χ0) is 19.5. The van der Waals surface area contributed by atoms with E-state index in [1.807, 2.05) is 36.1 Å². The van der Waals surface area contributed by atoms with Gasteiger partial charge in [0.15, 0.2) is 5.82 Å². The Kier molecular flexibility index (Phi) is 5.85. The molecule has 1 aromatic carbocycles. The van der Waals surface area contributed by atoms with Crippen LogP contribution in [-0.2, 0) is 6.54 Å². The molecule has 2 fully saturated rings. The predicted molar refractivity (Wildman–Crippen MR) is 109 cm³/mol. The molecule has 0 spiro atoms.